The maximum Gasteiger partial charge on any atom is 0.269 e. The number of rotatable bonds is 4. The van der Waals surface area contributed by atoms with Crippen LogP contribution < -0.4 is 15.4 Å². The molecule has 2 aromatic rings. The molecule has 122 valence electrons. The van der Waals surface area contributed by atoms with Crippen LogP contribution in [0.25, 0.3) is 10.9 Å². The maximum atomic E-state index is 11.7. The third kappa shape index (κ3) is 3.19. The first-order valence-corrected chi connectivity index (χ1v) is 7.65. The van der Waals surface area contributed by atoms with Crippen molar-refractivity contribution in [1.82, 2.24) is 9.97 Å². The molecule has 23 heavy (non-hydrogen) atoms. The molecule has 1 aliphatic heterocycles. The number of primary amides is 1. The molecule has 0 spiro atoms. The molecule has 0 unspecified atom stereocenters. The maximum absolute atomic E-state index is 11.7. The lowest BCUT2D eigenvalue weighted by molar-refractivity contribution is 0.0997. The van der Waals surface area contributed by atoms with Crippen LogP contribution in [0.4, 0.5) is 5.82 Å². The van der Waals surface area contributed by atoms with Gasteiger partial charge < -0.3 is 20.1 Å². The van der Waals surface area contributed by atoms with E-state index in [4.69, 9.17) is 15.2 Å². The number of hydrogen-bond donors (Lipinski definition) is 1. The highest BCUT2D eigenvalue weighted by atomic mass is 16.5. The summed E-state index contributed by atoms with van der Waals surface area (Å²) in [4.78, 5) is 22.5. The molecule has 3 heterocycles. The van der Waals surface area contributed by atoms with Gasteiger partial charge in [0.1, 0.15) is 17.1 Å². The number of amides is 1. The lowest BCUT2D eigenvalue weighted by Gasteiger charge is -2.28. The van der Waals surface area contributed by atoms with Gasteiger partial charge in [-0.1, -0.05) is 0 Å². The van der Waals surface area contributed by atoms with E-state index >= 15 is 0 Å². The van der Waals surface area contributed by atoms with E-state index in [-0.39, 0.29) is 11.8 Å². The SMILES string of the molecule is CC(C)Oc1cc(N2CCOCC2)nc2c(C(N)=O)nccc12. The van der Waals surface area contributed by atoms with Crippen molar-refractivity contribution in [3.05, 3.63) is 24.0 Å². The molecular weight excluding hydrogens is 296 g/mol. The van der Waals surface area contributed by atoms with Crippen LogP contribution in [-0.2, 0) is 4.74 Å². The number of hydrogen-bond acceptors (Lipinski definition) is 6. The predicted molar refractivity (Wildman–Crippen MR) is 86.9 cm³/mol. The van der Waals surface area contributed by atoms with E-state index in [9.17, 15) is 4.79 Å². The van der Waals surface area contributed by atoms with E-state index in [1.54, 1.807) is 12.3 Å². The lowest BCUT2D eigenvalue weighted by atomic mass is 10.1. The molecule has 0 aliphatic carbocycles. The summed E-state index contributed by atoms with van der Waals surface area (Å²) in [6.45, 7) is 6.69. The molecule has 1 aliphatic rings. The molecule has 0 saturated carbocycles. The molecule has 3 rings (SSSR count). The number of carbonyl (C=O) groups excluding carboxylic acids is 1. The first kappa shape index (κ1) is 15.5. The molecule has 2 aromatic heterocycles. The van der Waals surface area contributed by atoms with Gasteiger partial charge in [-0.25, -0.2) is 9.97 Å². The van der Waals surface area contributed by atoms with E-state index in [0.717, 1.165) is 24.3 Å². The summed E-state index contributed by atoms with van der Waals surface area (Å²) in [7, 11) is 0. The topological polar surface area (TPSA) is 90.6 Å². The van der Waals surface area contributed by atoms with Crippen molar-refractivity contribution in [1.29, 1.82) is 0 Å². The van der Waals surface area contributed by atoms with Crippen LogP contribution in [0.5, 0.6) is 5.75 Å². The number of nitrogens with zero attached hydrogens (tertiary/aromatic N) is 3. The summed E-state index contributed by atoms with van der Waals surface area (Å²) in [6.07, 6.45) is 1.55. The second-order valence-electron chi connectivity index (χ2n) is 5.66. The standard InChI is InChI=1S/C16H20N4O3/c1-10(2)23-12-9-13(20-5-7-22-8-6-20)19-14-11(12)3-4-18-15(14)16(17)21/h3-4,9-10H,5-8H2,1-2H3,(H2,17,21). The van der Waals surface area contributed by atoms with Gasteiger partial charge in [0.25, 0.3) is 5.91 Å². The average molecular weight is 316 g/mol. The molecule has 7 nitrogen and oxygen atoms in total. The van der Waals surface area contributed by atoms with E-state index in [1.165, 1.54) is 0 Å². The molecule has 0 aromatic carbocycles. The average Bonchev–Trinajstić information content (AvgIpc) is 2.54. The molecular formula is C16H20N4O3. The van der Waals surface area contributed by atoms with Gasteiger partial charge in [-0.3, -0.25) is 4.79 Å². The second-order valence-corrected chi connectivity index (χ2v) is 5.66. The largest absolute Gasteiger partial charge is 0.490 e. The van der Waals surface area contributed by atoms with Crippen molar-refractivity contribution in [2.75, 3.05) is 31.2 Å². The number of anilines is 1. The molecule has 1 fully saturated rings. The Morgan fingerprint density at radius 3 is 2.78 bits per heavy atom. The number of fused-ring (bicyclic) bond motifs is 1. The Morgan fingerprint density at radius 1 is 1.39 bits per heavy atom. The van der Waals surface area contributed by atoms with Crippen molar-refractivity contribution >= 4 is 22.6 Å². The Bertz CT molecular complexity index is 727. The zero-order valence-electron chi connectivity index (χ0n) is 13.3. The summed E-state index contributed by atoms with van der Waals surface area (Å²) in [5.41, 5.74) is 6.07. The third-order valence-corrected chi connectivity index (χ3v) is 3.61. The molecule has 2 N–H and O–H groups in total. The van der Waals surface area contributed by atoms with Crippen molar-refractivity contribution in [3.63, 3.8) is 0 Å². The number of carbonyl (C=O) groups is 1. The highest BCUT2D eigenvalue weighted by molar-refractivity contribution is 6.04. The first-order chi connectivity index (χ1) is 11.1. The van der Waals surface area contributed by atoms with Gasteiger partial charge in [-0.2, -0.15) is 0 Å². The smallest absolute Gasteiger partial charge is 0.269 e. The number of pyridine rings is 2. The van der Waals surface area contributed by atoms with Crippen molar-refractivity contribution in [3.8, 4) is 5.75 Å². The molecule has 1 amide bonds. The van der Waals surface area contributed by atoms with Gasteiger partial charge in [-0.15, -0.1) is 0 Å². The fourth-order valence-corrected chi connectivity index (χ4v) is 2.59. The summed E-state index contributed by atoms with van der Waals surface area (Å²) in [5.74, 6) is 0.820. The van der Waals surface area contributed by atoms with Crippen LogP contribution in [0.15, 0.2) is 18.3 Å². The van der Waals surface area contributed by atoms with E-state index in [0.29, 0.717) is 24.5 Å². The van der Waals surface area contributed by atoms with Crippen LogP contribution >= 0.6 is 0 Å². The summed E-state index contributed by atoms with van der Waals surface area (Å²) in [5, 5.41) is 0.736. The zero-order valence-corrected chi connectivity index (χ0v) is 13.3. The Hall–Kier alpha value is -2.41. The molecule has 0 atom stereocenters. The molecule has 0 bridgehead atoms. The van der Waals surface area contributed by atoms with Crippen LogP contribution in [0.3, 0.4) is 0 Å². The number of nitrogens with two attached hydrogens (primary N) is 1. The first-order valence-electron chi connectivity index (χ1n) is 7.65. The number of aromatic nitrogens is 2. The lowest BCUT2D eigenvalue weighted by Crippen LogP contribution is -2.36. The second kappa shape index (κ2) is 6.37. The molecule has 0 radical (unpaired) electrons. The quantitative estimate of drug-likeness (QED) is 0.915. The van der Waals surface area contributed by atoms with Crippen LogP contribution in [0, 0.1) is 0 Å². The monoisotopic (exact) mass is 316 g/mol. The minimum absolute atomic E-state index is 0.00309. The summed E-state index contributed by atoms with van der Waals surface area (Å²) in [6, 6.07) is 3.69. The Balaban J connectivity index is 2.17. The molecule has 1 saturated heterocycles. The van der Waals surface area contributed by atoms with Gasteiger partial charge in [0, 0.05) is 30.7 Å². The van der Waals surface area contributed by atoms with Crippen LogP contribution in [0.1, 0.15) is 24.3 Å². The van der Waals surface area contributed by atoms with Crippen LogP contribution in [0.2, 0.25) is 0 Å². The van der Waals surface area contributed by atoms with Gasteiger partial charge in [0.2, 0.25) is 0 Å². The number of morpholine rings is 1. The normalized spacial score (nSPS) is 15.2. The van der Waals surface area contributed by atoms with Gasteiger partial charge in [0.15, 0.2) is 5.69 Å². The minimum atomic E-state index is -0.599. The highest BCUT2D eigenvalue weighted by Crippen LogP contribution is 2.31. The fraction of sp³-hybridized carbons (Fsp3) is 0.438. The van der Waals surface area contributed by atoms with E-state index < -0.39 is 5.91 Å². The number of ether oxygens (including phenoxy) is 2. The van der Waals surface area contributed by atoms with Crippen molar-refractivity contribution < 1.29 is 14.3 Å². The predicted octanol–water partition coefficient (Wildman–Crippen LogP) is 1.35. The summed E-state index contributed by atoms with van der Waals surface area (Å²) >= 11 is 0. The Morgan fingerprint density at radius 2 is 2.13 bits per heavy atom. The van der Waals surface area contributed by atoms with E-state index in [1.807, 2.05) is 19.9 Å². The Kier molecular flexibility index (Phi) is 4.29. The zero-order chi connectivity index (χ0) is 16.4. The van der Waals surface area contributed by atoms with Gasteiger partial charge in [0.05, 0.1) is 19.3 Å². The fourth-order valence-electron chi connectivity index (χ4n) is 2.59. The minimum Gasteiger partial charge on any atom is -0.490 e. The van der Waals surface area contributed by atoms with Crippen molar-refractivity contribution in [2.45, 2.75) is 20.0 Å². The van der Waals surface area contributed by atoms with E-state index in [2.05, 4.69) is 14.9 Å². The van der Waals surface area contributed by atoms with Gasteiger partial charge in [-0.05, 0) is 19.9 Å². The Labute approximate surface area is 134 Å². The molecule has 7 heteroatoms. The van der Waals surface area contributed by atoms with Gasteiger partial charge >= 0.3 is 0 Å². The van der Waals surface area contributed by atoms with Crippen molar-refractivity contribution in [2.24, 2.45) is 5.73 Å². The highest BCUT2D eigenvalue weighted by Gasteiger charge is 2.19. The van der Waals surface area contributed by atoms with Crippen LogP contribution in [-0.4, -0.2) is 48.3 Å². The summed E-state index contributed by atoms with van der Waals surface area (Å²) < 4.78 is 11.3. The third-order valence-electron chi connectivity index (χ3n) is 3.61.